The normalized spacial score (nSPS) is 43.4. The largest absolute Gasteiger partial charge is 0.456 e. The second-order valence-electron chi connectivity index (χ2n) is 6.80. The van der Waals surface area contributed by atoms with Crippen LogP contribution in [0.4, 0.5) is 0 Å². The number of likely N-dealkylation sites (tertiary alicyclic amines) is 1. The summed E-state index contributed by atoms with van der Waals surface area (Å²) in [5, 5.41) is 3.60. The molecule has 108 valence electrons. The summed E-state index contributed by atoms with van der Waals surface area (Å²) in [6.45, 7) is 2.33. The van der Waals surface area contributed by atoms with Gasteiger partial charge in [-0.3, -0.25) is 4.79 Å². The zero-order valence-corrected chi connectivity index (χ0v) is 11.7. The van der Waals surface area contributed by atoms with Gasteiger partial charge in [-0.1, -0.05) is 0 Å². The van der Waals surface area contributed by atoms with Gasteiger partial charge in [0.25, 0.3) is 0 Å². The summed E-state index contributed by atoms with van der Waals surface area (Å²) in [5.41, 5.74) is 0.540. The number of rotatable bonds is 1. The predicted octanol–water partition coefficient (Wildman–Crippen LogP) is 0.949. The fraction of sp³-hybridized carbons (Fsp3) is 0.733. The smallest absolute Gasteiger partial charge is 0.333 e. The second-order valence-corrected chi connectivity index (χ2v) is 6.80. The van der Waals surface area contributed by atoms with Crippen molar-refractivity contribution in [2.45, 2.75) is 57.2 Å². The van der Waals surface area contributed by atoms with Gasteiger partial charge in [-0.2, -0.15) is 0 Å². The summed E-state index contributed by atoms with van der Waals surface area (Å²) in [6.07, 6.45) is 6.67. The summed E-state index contributed by atoms with van der Waals surface area (Å²) in [6, 6.07) is 1.17. The molecule has 0 aromatic carbocycles. The van der Waals surface area contributed by atoms with Crippen molar-refractivity contribution in [3.8, 4) is 0 Å². The van der Waals surface area contributed by atoms with Crippen LogP contribution >= 0.6 is 0 Å². The first kappa shape index (κ1) is 12.4. The summed E-state index contributed by atoms with van der Waals surface area (Å²) in [7, 11) is 0. The van der Waals surface area contributed by atoms with E-state index in [1.165, 1.54) is 18.9 Å². The molecule has 0 aliphatic carbocycles. The Balaban J connectivity index is 1.63. The van der Waals surface area contributed by atoms with Crippen LogP contribution in [0, 0.1) is 5.41 Å². The first-order valence-electron chi connectivity index (χ1n) is 7.54. The number of nitrogens with one attached hydrogen (secondary N) is 1. The van der Waals surface area contributed by atoms with E-state index in [0.717, 1.165) is 25.0 Å². The van der Waals surface area contributed by atoms with E-state index in [-0.39, 0.29) is 29.9 Å². The minimum atomic E-state index is -0.327. The highest BCUT2D eigenvalue weighted by Crippen LogP contribution is 2.50. The van der Waals surface area contributed by atoms with Crippen LogP contribution in [0.15, 0.2) is 11.8 Å². The molecule has 4 heterocycles. The highest BCUT2D eigenvalue weighted by molar-refractivity contribution is 5.91. The number of piperidine rings is 1. The molecule has 0 unspecified atom stereocenters. The second kappa shape index (κ2) is 4.07. The summed E-state index contributed by atoms with van der Waals surface area (Å²) in [4.78, 5) is 26.1. The molecule has 4 atom stereocenters. The topological polar surface area (TPSA) is 58.6 Å². The molecule has 1 spiro atoms. The van der Waals surface area contributed by atoms with Gasteiger partial charge in [0.2, 0.25) is 5.91 Å². The molecule has 0 aromatic rings. The van der Waals surface area contributed by atoms with E-state index in [1.807, 2.05) is 4.90 Å². The number of hydrogen-bond acceptors (Lipinski definition) is 4. The highest BCUT2D eigenvalue weighted by atomic mass is 16.5. The molecule has 0 aromatic heterocycles. The standard InChI is InChI=1S/C15H20N2O3/c1-9-5-15(6-10-2-3-11(7-15)16-10)14(19)17(9)12-4-13(18)20-8-12/h4,9-11,16H,2-3,5-8H2,1H3/t9-,10-,11+,15+/m0/s1. The van der Waals surface area contributed by atoms with Gasteiger partial charge in [0.15, 0.2) is 0 Å². The first-order valence-corrected chi connectivity index (χ1v) is 7.54. The Bertz CT molecular complexity index is 501. The van der Waals surface area contributed by atoms with Crippen molar-refractivity contribution in [1.29, 1.82) is 0 Å². The van der Waals surface area contributed by atoms with Crippen LogP contribution in [0.1, 0.15) is 39.0 Å². The van der Waals surface area contributed by atoms with Gasteiger partial charge in [0, 0.05) is 24.2 Å². The van der Waals surface area contributed by atoms with Crippen LogP contribution in [0.25, 0.3) is 0 Å². The number of carbonyl (C=O) groups is 2. The van der Waals surface area contributed by atoms with Crippen LogP contribution in [0.3, 0.4) is 0 Å². The third kappa shape index (κ3) is 1.65. The van der Waals surface area contributed by atoms with Crippen LogP contribution in [-0.2, 0) is 14.3 Å². The average molecular weight is 276 g/mol. The Morgan fingerprint density at radius 1 is 1.25 bits per heavy atom. The van der Waals surface area contributed by atoms with E-state index in [4.69, 9.17) is 4.74 Å². The molecule has 4 aliphatic heterocycles. The van der Waals surface area contributed by atoms with Gasteiger partial charge in [0.05, 0.1) is 11.1 Å². The van der Waals surface area contributed by atoms with Crippen molar-refractivity contribution in [2.75, 3.05) is 6.61 Å². The molecule has 4 rings (SSSR count). The Morgan fingerprint density at radius 3 is 2.55 bits per heavy atom. The van der Waals surface area contributed by atoms with Crippen LogP contribution in [-0.4, -0.2) is 41.5 Å². The van der Waals surface area contributed by atoms with E-state index in [9.17, 15) is 9.59 Å². The molecule has 3 fully saturated rings. The third-order valence-electron chi connectivity index (χ3n) is 5.36. The maximum atomic E-state index is 13.0. The third-order valence-corrected chi connectivity index (χ3v) is 5.36. The van der Waals surface area contributed by atoms with Gasteiger partial charge in [0.1, 0.15) is 6.61 Å². The lowest BCUT2D eigenvalue weighted by Gasteiger charge is -2.36. The number of nitrogens with zero attached hydrogens (tertiary/aromatic N) is 1. The molecule has 5 heteroatoms. The van der Waals surface area contributed by atoms with Crippen LogP contribution in [0.2, 0.25) is 0 Å². The zero-order valence-electron chi connectivity index (χ0n) is 11.7. The molecule has 20 heavy (non-hydrogen) atoms. The minimum absolute atomic E-state index is 0.167. The minimum Gasteiger partial charge on any atom is -0.456 e. The van der Waals surface area contributed by atoms with Crippen molar-refractivity contribution in [3.63, 3.8) is 0 Å². The molecule has 5 nitrogen and oxygen atoms in total. The van der Waals surface area contributed by atoms with Crippen molar-refractivity contribution >= 4 is 11.9 Å². The number of fused-ring (bicyclic) bond motifs is 2. The summed E-state index contributed by atoms with van der Waals surface area (Å²) < 4.78 is 4.97. The van der Waals surface area contributed by atoms with E-state index >= 15 is 0 Å². The van der Waals surface area contributed by atoms with Crippen molar-refractivity contribution in [2.24, 2.45) is 5.41 Å². The van der Waals surface area contributed by atoms with E-state index in [2.05, 4.69) is 12.2 Å². The number of cyclic esters (lactones) is 1. The Kier molecular flexibility index (Phi) is 2.52. The molecule has 3 saturated heterocycles. The SMILES string of the molecule is C[C@H]1C[C@@]2(C[C@H]3CC[C@@H](C2)N3)C(=O)N1C1=CC(=O)OC1. The average Bonchev–Trinajstić information content (AvgIpc) is 3.01. The molecule has 2 bridgehead atoms. The zero-order chi connectivity index (χ0) is 13.9. The lowest BCUT2D eigenvalue weighted by atomic mass is 9.73. The lowest BCUT2D eigenvalue weighted by Crippen LogP contribution is -2.48. The molecule has 1 N–H and O–H groups in total. The summed E-state index contributed by atoms with van der Waals surface area (Å²) >= 11 is 0. The number of hydrogen-bond donors (Lipinski definition) is 1. The Morgan fingerprint density at radius 2 is 1.95 bits per heavy atom. The summed E-state index contributed by atoms with van der Waals surface area (Å²) in [5.74, 6) is -0.112. The van der Waals surface area contributed by atoms with Crippen molar-refractivity contribution < 1.29 is 14.3 Å². The Hall–Kier alpha value is -1.36. The highest BCUT2D eigenvalue weighted by Gasteiger charge is 2.56. The molecule has 0 radical (unpaired) electrons. The quantitative estimate of drug-likeness (QED) is 0.724. The molecule has 0 saturated carbocycles. The fourth-order valence-corrected chi connectivity index (χ4v) is 4.71. The monoisotopic (exact) mass is 276 g/mol. The lowest BCUT2D eigenvalue weighted by molar-refractivity contribution is -0.138. The fourth-order valence-electron chi connectivity index (χ4n) is 4.71. The van der Waals surface area contributed by atoms with Gasteiger partial charge < -0.3 is 15.0 Å². The predicted molar refractivity (Wildman–Crippen MR) is 71.6 cm³/mol. The van der Waals surface area contributed by atoms with Crippen molar-refractivity contribution in [1.82, 2.24) is 10.2 Å². The van der Waals surface area contributed by atoms with Gasteiger partial charge in [-0.15, -0.1) is 0 Å². The number of esters is 1. The molecule has 4 aliphatic rings. The molecule has 1 amide bonds. The van der Waals surface area contributed by atoms with Gasteiger partial charge >= 0.3 is 5.97 Å². The van der Waals surface area contributed by atoms with E-state index < -0.39 is 0 Å². The molecular formula is C15H20N2O3. The number of ether oxygens (including phenoxy) is 1. The number of amides is 1. The number of carbonyl (C=O) groups excluding carboxylic acids is 2. The van der Waals surface area contributed by atoms with Crippen molar-refractivity contribution in [3.05, 3.63) is 11.8 Å². The van der Waals surface area contributed by atoms with Gasteiger partial charge in [-0.05, 0) is 39.0 Å². The molecular weight excluding hydrogens is 256 g/mol. The maximum Gasteiger partial charge on any atom is 0.333 e. The van der Waals surface area contributed by atoms with Crippen LogP contribution < -0.4 is 5.32 Å². The van der Waals surface area contributed by atoms with Crippen LogP contribution in [0.5, 0.6) is 0 Å². The Labute approximate surface area is 118 Å². The van der Waals surface area contributed by atoms with E-state index in [0.29, 0.717) is 12.1 Å². The van der Waals surface area contributed by atoms with E-state index in [1.54, 1.807) is 0 Å². The first-order chi connectivity index (χ1) is 9.57. The van der Waals surface area contributed by atoms with Gasteiger partial charge in [-0.25, -0.2) is 4.79 Å². The maximum absolute atomic E-state index is 13.0.